The van der Waals surface area contributed by atoms with Crippen LogP contribution in [0.25, 0.3) is 0 Å². The first-order valence-electron chi connectivity index (χ1n) is 4.76. The zero-order chi connectivity index (χ0) is 10.7. The quantitative estimate of drug-likeness (QED) is 0.698. The number of rotatable bonds is 3. The van der Waals surface area contributed by atoms with Crippen LogP contribution in [0.15, 0.2) is 0 Å². The molecule has 0 aliphatic carbocycles. The highest BCUT2D eigenvalue weighted by Gasteiger charge is 2.29. The van der Waals surface area contributed by atoms with Crippen molar-refractivity contribution in [2.45, 2.75) is 26.3 Å². The van der Waals surface area contributed by atoms with E-state index in [0.717, 1.165) is 0 Å². The minimum absolute atomic E-state index is 0.124. The third-order valence-electron chi connectivity index (χ3n) is 2.07. The molecule has 2 N–H and O–H groups in total. The van der Waals surface area contributed by atoms with Gasteiger partial charge in [0.25, 0.3) is 5.17 Å². The van der Waals surface area contributed by atoms with Crippen molar-refractivity contribution in [3.63, 3.8) is 0 Å². The highest BCUT2D eigenvalue weighted by Crippen LogP contribution is 2.10. The topological polar surface area (TPSA) is 55.6 Å². The smallest absolute Gasteiger partial charge is 0.266 e. The van der Waals surface area contributed by atoms with Crippen molar-refractivity contribution in [1.29, 1.82) is 0 Å². The van der Waals surface area contributed by atoms with Crippen LogP contribution in [0.5, 0.6) is 0 Å². The Morgan fingerprint density at radius 3 is 2.79 bits per heavy atom. The maximum atomic E-state index is 11.7. The summed E-state index contributed by atoms with van der Waals surface area (Å²) in [7, 11) is 0. The molecular formula is C9H16N2O2S. The molecule has 0 aromatic heterocycles. The highest BCUT2D eigenvalue weighted by molar-refractivity contribution is 7.80. The van der Waals surface area contributed by atoms with Crippen molar-refractivity contribution in [2.75, 3.05) is 13.2 Å². The molecule has 1 amide bonds. The van der Waals surface area contributed by atoms with Crippen molar-refractivity contribution in [2.24, 2.45) is 11.7 Å². The Labute approximate surface area is 89.4 Å². The van der Waals surface area contributed by atoms with Gasteiger partial charge in [-0.2, -0.15) is 0 Å². The minimum atomic E-state index is -0.463. The van der Waals surface area contributed by atoms with Crippen molar-refractivity contribution in [3.05, 3.63) is 0 Å². The SMILES string of the molecule is CC(C)C[C@@H](N)C(=O)N1CCOC1=S. The number of carbonyl (C=O) groups is 1. The average molecular weight is 216 g/mol. The van der Waals surface area contributed by atoms with Crippen molar-refractivity contribution >= 4 is 23.3 Å². The van der Waals surface area contributed by atoms with E-state index in [2.05, 4.69) is 0 Å². The fourth-order valence-corrected chi connectivity index (χ4v) is 1.67. The Morgan fingerprint density at radius 1 is 1.71 bits per heavy atom. The number of nitrogens with two attached hydrogens (primary N) is 1. The van der Waals surface area contributed by atoms with Gasteiger partial charge in [0, 0.05) is 0 Å². The van der Waals surface area contributed by atoms with Crippen molar-refractivity contribution in [1.82, 2.24) is 4.90 Å². The maximum absolute atomic E-state index is 11.7. The lowest BCUT2D eigenvalue weighted by molar-refractivity contribution is -0.128. The Kier molecular flexibility index (Phi) is 3.83. The van der Waals surface area contributed by atoms with Gasteiger partial charge in [-0.25, -0.2) is 0 Å². The zero-order valence-corrected chi connectivity index (χ0v) is 9.34. The number of ether oxygens (including phenoxy) is 1. The van der Waals surface area contributed by atoms with Crippen molar-refractivity contribution in [3.8, 4) is 0 Å². The van der Waals surface area contributed by atoms with Crippen LogP contribution >= 0.6 is 12.2 Å². The number of amides is 1. The van der Waals surface area contributed by atoms with Crippen LogP contribution < -0.4 is 5.73 Å². The number of nitrogens with zero attached hydrogens (tertiary/aromatic N) is 1. The normalized spacial score (nSPS) is 18.6. The Bertz CT molecular complexity index is 243. The van der Waals surface area contributed by atoms with Crippen LogP contribution in [0.4, 0.5) is 0 Å². The summed E-state index contributed by atoms with van der Waals surface area (Å²) >= 11 is 4.88. The summed E-state index contributed by atoms with van der Waals surface area (Å²) in [5.74, 6) is 0.284. The Balaban J connectivity index is 2.51. The summed E-state index contributed by atoms with van der Waals surface area (Å²) in [6, 6.07) is -0.463. The van der Waals surface area contributed by atoms with Gasteiger partial charge >= 0.3 is 0 Å². The van der Waals surface area contributed by atoms with Crippen LogP contribution in [0.3, 0.4) is 0 Å². The van der Waals surface area contributed by atoms with Crippen molar-refractivity contribution < 1.29 is 9.53 Å². The van der Waals surface area contributed by atoms with E-state index >= 15 is 0 Å². The van der Waals surface area contributed by atoms with Crippen LogP contribution in [0.1, 0.15) is 20.3 Å². The lowest BCUT2D eigenvalue weighted by Crippen LogP contribution is -2.44. The second-order valence-corrected chi connectivity index (χ2v) is 4.19. The largest absolute Gasteiger partial charge is 0.469 e. The lowest BCUT2D eigenvalue weighted by atomic mass is 10.0. The predicted molar refractivity (Wildman–Crippen MR) is 57.7 cm³/mol. The molecule has 0 saturated carbocycles. The fourth-order valence-electron chi connectivity index (χ4n) is 1.40. The van der Waals surface area contributed by atoms with E-state index in [1.165, 1.54) is 4.90 Å². The van der Waals surface area contributed by atoms with E-state index in [0.29, 0.717) is 25.5 Å². The average Bonchev–Trinajstić information content (AvgIpc) is 2.48. The van der Waals surface area contributed by atoms with Gasteiger partial charge < -0.3 is 10.5 Å². The number of carbonyl (C=O) groups excluding carboxylic acids is 1. The fraction of sp³-hybridized carbons (Fsp3) is 0.778. The van der Waals surface area contributed by atoms with Gasteiger partial charge in [0.1, 0.15) is 6.61 Å². The summed E-state index contributed by atoms with van der Waals surface area (Å²) in [5, 5.41) is 0.259. The molecule has 1 aliphatic heterocycles. The number of thiocarbonyl (C=S) groups is 1. The molecule has 1 heterocycles. The van der Waals surface area contributed by atoms with E-state index in [1.807, 2.05) is 13.8 Å². The summed E-state index contributed by atoms with van der Waals surface area (Å²) in [6.45, 7) is 5.08. The van der Waals surface area contributed by atoms with Crippen LogP contribution in [-0.2, 0) is 9.53 Å². The molecule has 0 radical (unpaired) electrons. The molecule has 1 aliphatic rings. The minimum Gasteiger partial charge on any atom is -0.469 e. The van der Waals surface area contributed by atoms with Gasteiger partial charge in [-0.05, 0) is 24.6 Å². The molecule has 0 spiro atoms. The zero-order valence-electron chi connectivity index (χ0n) is 8.53. The maximum Gasteiger partial charge on any atom is 0.266 e. The molecular weight excluding hydrogens is 200 g/mol. The van der Waals surface area contributed by atoms with E-state index in [4.69, 9.17) is 22.7 Å². The van der Waals surface area contributed by atoms with Gasteiger partial charge in [0.2, 0.25) is 5.91 Å². The molecule has 1 saturated heterocycles. The molecule has 4 nitrogen and oxygen atoms in total. The van der Waals surface area contributed by atoms with Crippen LogP contribution in [0, 0.1) is 5.92 Å². The molecule has 14 heavy (non-hydrogen) atoms. The lowest BCUT2D eigenvalue weighted by Gasteiger charge is -2.19. The van der Waals surface area contributed by atoms with Crippen LogP contribution in [-0.4, -0.2) is 35.2 Å². The standard InChI is InChI=1S/C9H16N2O2S/c1-6(2)5-7(10)8(12)11-3-4-13-9(11)14/h6-7H,3-5,10H2,1-2H3/t7-/m1/s1. The summed E-state index contributed by atoms with van der Waals surface area (Å²) in [6.07, 6.45) is 0.679. The second kappa shape index (κ2) is 4.70. The van der Waals surface area contributed by atoms with Gasteiger partial charge in [0.05, 0.1) is 12.6 Å². The molecule has 1 rings (SSSR count). The van der Waals surface area contributed by atoms with E-state index in [-0.39, 0.29) is 11.1 Å². The van der Waals surface area contributed by atoms with Gasteiger partial charge in [-0.3, -0.25) is 9.69 Å². The predicted octanol–water partition coefficient (Wildman–Crippen LogP) is 0.504. The molecule has 5 heteroatoms. The second-order valence-electron chi connectivity index (χ2n) is 3.84. The van der Waals surface area contributed by atoms with Gasteiger partial charge in [-0.15, -0.1) is 0 Å². The third kappa shape index (κ3) is 2.65. The van der Waals surface area contributed by atoms with Gasteiger partial charge in [-0.1, -0.05) is 13.8 Å². The summed E-state index contributed by atoms with van der Waals surface area (Å²) < 4.78 is 5.02. The molecule has 1 fully saturated rings. The molecule has 1 atom stereocenters. The molecule has 0 unspecified atom stereocenters. The van der Waals surface area contributed by atoms with Crippen LogP contribution in [0.2, 0.25) is 0 Å². The highest BCUT2D eigenvalue weighted by atomic mass is 32.1. The Hall–Kier alpha value is -0.680. The van der Waals surface area contributed by atoms with E-state index < -0.39 is 6.04 Å². The number of hydrogen-bond acceptors (Lipinski definition) is 4. The van der Waals surface area contributed by atoms with E-state index in [9.17, 15) is 4.79 Å². The molecule has 0 aromatic carbocycles. The first kappa shape index (κ1) is 11.4. The molecule has 0 aromatic rings. The molecule has 80 valence electrons. The first-order chi connectivity index (χ1) is 6.52. The monoisotopic (exact) mass is 216 g/mol. The first-order valence-corrected chi connectivity index (χ1v) is 5.17. The number of hydrogen-bond donors (Lipinski definition) is 1. The molecule has 0 bridgehead atoms. The summed E-state index contributed by atoms with van der Waals surface area (Å²) in [4.78, 5) is 13.2. The Morgan fingerprint density at radius 2 is 2.36 bits per heavy atom. The third-order valence-corrected chi connectivity index (χ3v) is 2.41. The van der Waals surface area contributed by atoms with Gasteiger partial charge in [0.15, 0.2) is 0 Å². The van der Waals surface area contributed by atoms with E-state index in [1.54, 1.807) is 0 Å². The summed E-state index contributed by atoms with van der Waals surface area (Å²) in [5.41, 5.74) is 5.75.